The number of piperazine rings is 1. The molecule has 2 bridgehead atoms. The number of aliphatic hydroxyl groups excluding tert-OH is 1. The molecular weight excluding hydrogens is 539 g/mol. The molecular formula is C26H23ClF3N5O2S. The largest absolute Gasteiger partial charge is 0.416 e. The van der Waals surface area contributed by atoms with Crippen LogP contribution in [0, 0.1) is 0 Å². The first kappa shape index (κ1) is 25.4. The lowest BCUT2D eigenvalue weighted by molar-refractivity contribution is -0.138. The van der Waals surface area contributed by atoms with Crippen LogP contribution in [0.1, 0.15) is 23.1 Å². The minimum absolute atomic E-state index is 0.0245. The molecule has 0 radical (unpaired) electrons. The molecule has 3 aliphatic heterocycles. The number of aliphatic hydroxyl groups is 1. The second-order valence-electron chi connectivity index (χ2n) is 9.64. The number of nitrogens with zero attached hydrogens (tertiary/aromatic N) is 5. The second-order valence-corrected chi connectivity index (χ2v) is 11.1. The third-order valence-electron chi connectivity index (χ3n) is 7.26. The van der Waals surface area contributed by atoms with Crippen LogP contribution in [0.4, 0.5) is 13.2 Å². The Kier molecular flexibility index (Phi) is 6.50. The lowest BCUT2D eigenvalue weighted by Gasteiger charge is -2.34. The van der Waals surface area contributed by atoms with Gasteiger partial charge in [0, 0.05) is 42.1 Å². The van der Waals surface area contributed by atoms with Gasteiger partial charge in [0.25, 0.3) is 5.91 Å². The Labute approximate surface area is 225 Å². The number of aliphatic imine (C=N–C) groups is 1. The normalized spacial score (nSPS) is 22.9. The predicted octanol–water partition coefficient (Wildman–Crippen LogP) is 4.48. The van der Waals surface area contributed by atoms with Crippen LogP contribution in [0.2, 0.25) is 5.02 Å². The zero-order valence-electron chi connectivity index (χ0n) is 20.0. The van der Waals surface area contributed by atoms with Crippen molar-refractivity contribution in [2.24, 2.45) is 4.99 Å². The number of amidine groups is 1. The van der Waals surface area contributed by atoms with Crippen molar-refractivity contribution in [1.29, 1.82) is 0 Å². The molecule has 4 heterocycles. The standard InChI is InChI=1S/C26H23ClF3N5O2S/c27-18-3-2-16(21(9-18)26(28,29)30)12-35-22-4-1-15(7-17(22)11-31-35)8-23-24(37)32-25(38-23)34-14-19-10-20(34)13-33(19)5-6-36/h1-4,7-9,11,19-20,36H,5-6,10,12-14H2/b23-8-/t19-,20-/m0/s1. The molecule has 1 amide bonds. The molecule has 2 aromatic carbocycles. The molecule has 3 aromatic rings. The Hall–Kier alpha value is -2.86. The quantitative estimate of drug-likeness (QED) is 0.463. The fourth-order valence-corrected chi connectivity index (χ4v) is 6.66. The van der Waals surface area contributed by atoms with Gasteiger partial charge in [-0.2, -0.15) is 23.3 Å². The molecule has 2 atom stereocenters. The third-order valence-corrected chi connectivity index (χ3v) is 8.51. The number of benzene rings is 2. The van der Waals surface area contributed by atoms with Gasteiger partial charge in [-0.3, -0.25) is 14.4 Å². The van der Waals surface area contributed by atoms with Gasteiger partial charge in [0.05, 0.1) is 35.3 Å². The van der Waals surface area contributed by atoms with Gasteiger partial charge >= 0.3 is 6.18 Å². The van der Waals surface area contributed by atoms with E-state index in [0.717, 1.165) is 41.7 Å². The van der Waals surface area contributed by atoms with Gasteiger partial charge in [0.2, 0.25) is 0 Å². The van der Waals surface area contributed by atoms with Crippen molar-refractivity contribution in [3.8, 4) is 0 Å². The van der Waals surface area contributed by atoms with Crippen molar-refractivity contribution in [1.82, 2.24) is 19.6 Å². The summed E-state index contributed by atoms with van der Waals surface area (Å²) in [5.74, 6) is -0.279. The van der Waals surface area contributed by atoms with Crippen molar-refractivity contribution < 1.29 is 23.1 Å². The number of carbonyl (C=O) groups is 1. The summed E-state index contributed by atoms with van der Waals surface area (Å²) < 4.78 is 42.1. The molecule has 0 unspecified atom stereocenters. The molecule has 12 heteroatoms. The van der Waals surface area contributed by atoms with Gasteiger partial charge in [0.15, 0.2) is 5.17 Å². The van der Waals surface area contributed by atoms with E-state index in [4.69, 9.17) is 11.6 Å². The first-order valence-electron chi connectivity index (χ1n) is 12.1. The van der Waals surface area contributed by atoms with E-state index in [1.165, 1.54) is 28.6 Å². The maximum Gasteiger partial charge on any atom is 0.416 e. The van der Waals surface area contributed by atoms with Gasteiger partial charge in [-0.25, -0.2) is 0 Å². The number of carbonyl (C=O) groups excluding carboxylic acids is 1. The maximum atomic E-state index is 13.5. The fraction of sp³-hybridized carbons (Fsp3) is 0.346. The summed E-state index contributed by atoms with van der Waals surface area (Å²) in [6.07, 6.45) is -0.130. The summed E-state index contributed by atoms with van der Waals surface area (Å²) in [7, 11) is 0. The summed E-state index contributed by atoms with van der Waals surface area (Å²) in [5, 5.41) is 15.0. The smallest absolute Gasteiger partial charge is 0.395 e. The van der Waals surface area contributed by atoms with E-state index in [-0.39, 0.29) is 29.6 Å². The first-order chi connectivity index (χ1) is 18.2. The maximum absolute atomic E-state index is 13.5. The SMILES string of the molecule is O=C1N=C(N2C[C@@H]3C[C@H]2CN3CCO)S/C1=C\c1ccc2c(cnn2Cc2ccc(Cl)cc2C(F)(F)F)c1. The molecule has 0 aliphatic carbocycles. The van der Waals surface area contributed by atoms with Crippen molar-refractivity contribution in [2.45, 2.75) is 31.2 Å². The molecule has 7 nitrogen and oxygen atoms in total. The highest BCUT2D eigenvalue weighted by Crippen LogP contribution is 2.38. The summed E-state index contributed by atoms with van der Waals surface area (Å²) in [6.45, 7) is 2.41. The monoisotopic (exact) mass is 561 g/mol. The lowest BCUT2D eigenvalue weighted by atomic mass is 10.1. The Balaban J connectivity index is 1.18. The fourth-order valence-electron chi connectivity index (χ4n) is 5.49. The van der Waals surface area contributed by atoms with E-state index in [1.54, 1.807) is 18.3 Å². The number of β-amino-alcohol motifs (C(OH)–C–C–N with tert-alkyl or cyclic N) is 1. The number of alkyl halides is 3. The molecule has 2 fully saturated rings. The van der Waals surface area contributed by atoms with E-state index in [2.05, 4.69) is 19.9 Å². The molecule has 38 heavy (non-hydrogen) atoms. The molecule has 2 saturated heterocycles. The van der Waals surface area contributed by atoms with Crippen molar-refractivity contribution in [3.05, 3.63) is 69.2 Å². The highest BCUT2D eigenvalue weighted by Gasteiger charge is 2.45. The minimum atomic E-state index is -4.53. The molecule has 1 N–H and O–H groups in total. The molecule has 198 valence electrons. The number of rotatable bonds is 5. The number of halogens is 4. The van der Waals surface area contributed by atoms with Crippen LogP contribution in [-0.4, -0.2) is 74.1 Å². The number of likely N-dealkylation sites (tertiary alicyclic amines) is 2. The number of amides is 1. The average Bonchev–Trinajstić information content (AvgIpc) is 3.64. The van der Waals surface area contributed by atoms with Crippen LogP contribution in [0.5, 0.6) is 0 Å². The molecule has 3 aliphatic rings. The Bertz CT molecular complexity index is 1490. The number of thioether (sulfide) groups is 1. The van der Waals surface area contributed by atoms with Crippen LogP contribution in [0.25, 0.3) is 17.0 Å². The molecule has 0 spiro atoms. The Morgan fingerprint density at radius 1 is 1.16 bits per heavy atom. The summed E-state index contributed by atoms with van der Waals surface area (Å²) in [6, 6.07) is 9.87. The van der Waals surface area contributed by atoms with Crippen LogP contribution >= 0.6 is 23.4 Å². The zero-order valence-corrected chi connectivity index (χ0v) is 21.6. The minimum Gasteiger partial charge on any atom is -0.395 e. The lowest BCUT2D eigenvalue weighted by Crippen LogP contribution is -2.48. The summed E-state index contributed by atoms with van der Waals surface area (Å²) >= 11 is 7.17. The van der Waals surface area contributed by atoms with Gasteiger partial charge in [-0.1, -0.05) is 23.7 Å². The topological polar surface area (TPSA) is 74.0 Å². The van der Waals surface area contributed by atoms with Crippen molar-refractivity contribution in [2.75, 3.05) is 26.2 Å². The second kappa shape index (κ2) is 9.71. The van der Waals surface area contributed by atoms with Crippen LogP contribution in [-0.2, 0) is 17.5 Å². The van der Waals surface area contributed by atoms with Gasteiger partial charge in [0.1, 0.15) is 0 Å². The van der Waals surface area contributed by atoms with E-state index in [0.29, 0.717) is 29.1 Å². The van der Waals surface area contributed by atoms with Crippen molar-refractivity contribution >= 4 is 51.4 Å². The molecule has 6 rings (SSSR count). The van der Waals surface area contributed by atoms with Crippen LogP contribution < -0.4 is 0 Å². The van der Waals surface area contributed by atoms with E-state index in [9.17, 15) is 23.1 Å². The number of fused-ring (bicyclic) bond motifs is 3. The molecule has 0 saturated carbocycles. The predicted molar refractivity (Wildman–Crippen MR) is 141 cm³/mol. The van der Waals surface area contributed by atoms with E-state index in [1.807, 2.05) is 12.1 Å². The van der Waals surface area contributed by atoms with Gasteiger partial charge in [-0.15, -0.1) is 0 Å². The van der Waals surface area contributed by atoms with Crippen molar-refractivity contribution in [3.63, 3.8) is 0 Å². The first-order valence-corrected chi connectivity index (χ1v) is 13.3. The number of hydrogen-bond acceptors (Lipinski definition) is 6. The van der Waals surface area contributed by atoms with Crippen LogP contribution in [0.3, 0.4) is 0 Å². The summed E-state index contributed by atoms with van der Waals surface area (Å²) in [5.41, 5.74) is 0.753. The number of hydrogen-bond donors (Lipinski definition) is 1. The zero-order chi connectivity index (χ0) is 26.6. The Morgan fingerprint density at radius 3 is 2.74 bits per heavy atom. The van der Waals surface area contributed by atoms with E-state index >= 15 is 0 Å². The number of aromatic nitrogens is 2. The van der Waals surface area contributed by atoms with Crippen LogP contribution in [0.15, 0.2) is 52.5 Å². The highest BCUT2D eigenvalue weighted by molar-refractivity contribution is 8.18. The Morgan fingerprint density at radius 2 is 2.00 bits per heavy atom. The average molecular weight is 562 g/mol. The third kappa shape index (κ3) is 4.72. The highest BCUT2D eigenvalue weighted by atomic mass is 35.5. The van der Waals surface area contributed by atoms with Gasteiger partial charge in [-0.05, 0) is 59.7 Å². The van der Waals surface area contributed by atoms with Gasteiger partial charge < -0.3 is 10.0 Å². The summed E-state index contributed by atoms with van der Waals surface area (Å²) in [4.78, 5) is 22.0. The van der Waals surface area contributed by atoms with E-state index < -0.39 is 11.7 Å². The molecule has 1 aromatic heterocycles.